The van der Waals surface area contributed by atoms with Crippen molar-refractivity contribution in [3.63, 3.8) is 0 Å². The summed E-state index contributed by atoms with van der Waals surface area (Å²) in [6.45, 7) is 0. The first-order valence-corrected chi connectivity index (χ1v) is 14.5. The fourth-order valence-corrected chi connectivity index (χ4v) is 6.58. The van der Waals surface area contributed by atoms with Gasteiger partial charge in [-0.05, 0) is 71.8 Å². The summed E-state index contributed by atoms with van der Waals surface area (Å²) in [5, 5.41) is 3.61. The van der Waals surface area contributed by atoms with Crippen molar-refractivity contribution in [2.75, 3.05) is 0 Å². The summed E-state index contributed by atoms with van der Waals surface area (Å²) >= 11 is 0. The van der Waals surface area contributed by atoms with Gasteiger partial charge in [-0.3, -0.25) is 8.97 Å². The molecule has 0 amide bonds. The molecule has 0 aliphatic heterocycles. The summed E-state index contributed by atoms with van der Waals surface area (Å²) in [7, 11) is 0. The lowest BCUT2D eigenvalue weighted by molar-refractivity contribution is 0.936. The van der Waals surface area contributed by atoms with Crippen molar-refractivity contribution < 1.29 is 0 Å². The third-order valence-corrected chi connectivity index (χ3v) is 8.56. The highest BCUT2D eigenvalue weighted by molar-refractivity contribution is 6.14. The van der Waals surface area contributed by atoms with Gasteiger partial charge in [0.1, 0.15) is 11.5 Å². The van der Waals surface area contributed by atoms with Gasteiger partial charge in [-0.2, -0.15) is 0 Å². The Bertz CT molecular complexity index is 2340. The maximum Gasteiger partial charge on any atom is 0.146 e. The first-order chi connectivity index (χ1) is 20.8. The molecule has 4 heteroatoms. The zero-order chi connectivity index (χ0) is 27.6. The third kappa shape index (κ3) is 3.42. The Morgan fingerprint density at radius 3 is 2.19 bits per heavy atom. The van der Waals surface area contributed by atoms with E-state index in [1.807, 2.05) is 0 Å². The highest BCUT2D eigenvalue weighted by atomic mass is 15.1. The number of fused-ring (bicyclic) bond motifs is 9. The predicted octanol–water partition coefficient (Wildman–Crippen LogP) is 9.27. The second-order valence-corrected chi connectivity index (χ2v) is 11.0. The molecule has 0 fully saturated rings. The minimum Gasteiger partial charge on any atom is -0.293 e. The Labute approximate surface area is 242 Å². The van der Waals surface area contributed by atoms with Gasteiger partial charge in [-0.1, -0.05) is 91.0 Å². The van der Waals surface area contributed by atoms with Crippen LogP contribution in [0.4, 0.5) is 0 Å². The smallest absolute Gasteiger partial charge is 0.146 e. The van der Waals surface area contributed by atoms with Crippen molar-refractivity contribution in [3.8, 4) is 28.2 Å². The van der Waals surface area contributed by atoms with Gasteiger partial charge >= 0.3 is 0 Å². The van der Waals surface area contributed by atoms with Gasteiger partial charge < -0.3 is 0 Å². The van der Waals surface area contributed by atoms with E-state index >= 15 is 0 Å². The van der Waals surface area contributed by atoms with Gasteiger partial charge in [0, 0.05) is 22.0 Å². The number of pyridine rings is 1. The molecule has 42 heavy (non-hydrogen) atoms. The number of allylic oxidation sites excluding steroid dienone is 1. The van der Waals surface area contributed by atoms with E-state index in [-0.39, 0.29) is 0 Å². The lowest BCUT2D eigenvalue weighted by Crippen LogP contribution is -2.01. The van der Waals surface area contributed by atoms with E-state index < -0.39 is 0 Å². The standard InChI is InChI=1S/C38H26N4/c1-2-10-28(11-3-1)41-35-16-8-5-13-32(35)39-37(41)26-20-18-25(19-21-26)27-22-23-29-30-12-4-7-15-34(30)42-36-17-9-6-14-33(36)40-38(42)31(29)24-27/h1-4,6-12,14-24H,5,13H2. The van der Waals surface area contributed by atoms with Crippen molar-refractivity contribution in [3.05, 3.63) is 139 Å². The molecule has 0 bridgehead atoms. The largest absolute Gasteiger partial charge is 0.293 e. The van der Waals surface area contributed by atoms with E-state index in [0.717, 1.165) is 52.0 Å². The molecule has 1 aliphatic carbocycles. The summed E-state index contributed by atoms with van der Waals surface area (Å²) in [6.07, 6.45) is 6.47. The van der Waals surface area contributed by atoms with E-state index in [1.165, 1.54) is 38.8 Å². The number of benzene rings is 5. The maximum atomic E-state index is 5.13. The molecule has 3 heterocycles. The molecule has 0 saturated carbocycles. The van der Waals surface area contributed by atoms with Crippen LogP contribution >= 0.6 is 0 Å². The van der Waals surface area contributed by atoms with Gasteiger partial charge in [-0.25, -0.2) is 9.97 Å². The number of imidazole rings is 2. The normalized spacial score (nSPS) is 13.0. The Morgan fingerprint density at radius 1 is 0.571 bits per heavy atom. The summed E-state index contributed by atoms with van der Waals surface area (Å²) < 4.78 is 4.60. The summed E-state index contributed by atoms with van der Waals surface area (Å²) in [4.78, 5) is 10.2. The molecule has 0 saturated heterocycles. The fraction of sp³-hybridized carbons (Fsp3) is 0.0526. The molecule has 0 unspecified atom stereocenters. The molecule has 0 atom stereocenters. The fourth-order valence-electron chi connectivity index (χ4n) is 6.58. The Balaban J connectivity index is 1.20. The quantitative estimate of drug-likeness (QED) is 0.210. The van der Waals surface area contributed by atoms with E-state index in [1.54, 1.807) is 0 Å². The van der Waals surface area contributed by atoms with Crippen LogP contribution in [0.5, 0.6) is 0 Å². The number of aryl methyl sites for hydroxylation is 1. The van der Waals surface area contributed by atoms with E-state index in [4.69, 9.17) is 9.97 Å². The predicted molar refractivity (Wildman–Crippen MR) is 173 cm³/mol. The highest BCUT2D eigenvalue weighted by Gasteiger charge is 2.20. The van der Waals surface area contributed by atoms with Crippen LogP contribution in [0.25, 0.3) is 72.6 Å². The van der Waals surface area contributed by atoms with Gasteiger partial charge in [0.2, 0.25) is 0 Å². The van der Waals surface area contributed by atoms with E-state index in [2.05, 4.69) is 142 Å². The summed E-state index contributed by atoms with van der Waals surface area (Å²) in [5.41, 5.74) is 11.3. The van der Waals surface area contributed by atoms with Gasteiger partial charge in [0.05, 0.1) is 27.9 Å². The Hall–Kier alpha value is -5.48. The van der Waals surface area contributed by atoms with Crippen molar-refractivity contribution in [2.45, 2.75) is 12.8 Å². The highest BCUT2D eigenvalue weighted by Crippen LogP contribution is 2.36. The van der Waals surface area contributed by atoms with E-state index in [0.29, 0.717) is 0 Å². The van der Waals surface area contributed by atoms with Crippen molar-refractivity contribution in [1.82, 2.24) is 18.9 Å². The monoisotopic (exact) mass is 538 g/mol. The first kappa shape index (κ1) is 23.2. The Morgan fingerprint density at radius 2 is 1.31 bits per heavy atom. The average Bonchev–Trinajstić information content (AvgIpc) is 3.65. The molecule has 1 aliphatic rings. The van der Waals surface area contributed by atoms with Crippen LogP contribution < -0.4 is 0 Å². The molecular weight excluding hydrogens is 512 g/mol. The topological polar surface area (TPSA) is 35.1 Å². The molecule has 0 spiro atoms. The van der Waals surface area contributed by atoms with Gasteiger partial charge in [-0.15, -0.1) is 0 Å². The molecule has 0 radical (unpaired) electrons. The number of aromatic nitrogens is 4. The molecular formula is C38H26N4. The number of rotatable bonds is 3. The Kier molecular flexibility index (Phi) is 4.99. The summed E-state index contributed by atoms with van der Waals surface area (Å²) in [6, 6.07) is 43.2. The van der Waals surface area contributed by atoms with Crippen molar-refractivity contribution in [1.29, 1.82) is 0 Å². The molecule has 3 aromatic heterocycles. The maximum absolute atomic E-state index is 5.13. The molecule has 5 aromatic carbocycles. The second-order valence-electron chi connectivity index (χ2n) is 11.0. The average molecular weight is 539 g/mol. The molecule has 9 rings (SSSR count). The molecule has 0 N–H and O–H groups in total. The number of nitrogens with zero attached hydrogens (tertiary/aromatic N) is 4. The van der Waals surface area contributed by atoms with Crippen LogP contribution in [0.2, 0.25) is 0 Å². The van der Waals surface area contributed by atoms with E-state index in [9.17, 15) is 0 Å². The number of para-hydroxylation sites is 4. The van der Waals surface area contributed by atoms with Crippen molar-refractivity contribution in [2.24, 2.45) is 0 Å². The third-order valence-electron chi connectivity index (χ3n) is 8.56. The second kappa shape index (κ2) is 9.02. The van der Waals surface area contributed by atoms with Crippen LogP contribution in [0.3, 0.4) is 0 Å². The van der Waals surface area contributed by atoms with Crippen LogP contribution in [-0.4, -0.2) is 18.9 Å². The zero-order valence-electron chi connectivity index (χ0n) is 22.9. The number of hydrogen-bond acceptors (Lipinski definition) is 2. The molecule has 4 nitrogen and oxygen atoms in total. The lowest BCUT2D eigenvalue weighted by Gasteiger charge is -2.13. The lowest BCUT2D eigenvalue weighted by atomic mass is 9.98. The zero-order valence-corrected chi connectivity index (χ0v) is 22.9. The number of hydrogen-bond donors (Lipinski definition) is 0. The molecule has 8 aromatic rings. The minimum atomic E-state index is 0.972. The van der Waals surface area contributed by atoms with Gasteiger partial charge in [0.25, 0.3) is 0 Å². The minimum absolute atomic E-state index is 0.972. The van der Waals surface area contributed by atoms with Crippen LogP contribution in [0.15, 0.2) is 127 Å². The van der Waals surface area contributed by atoms with Crippen LogP contribution in [-0.2, 0) is 6.42 Å². The first-order valence-electron chi connectivity index (χ1n) is 14.5. The van der Waals surface area contributed by atoms with Crippen LogP contribution in [0, 0.1) is 0 Å². The van der Waals surface area contributed by atoms with Crippen molar-refractivity contribution >= 4 is 44.4 Å². The molecule has 198 valence electrons. The summed E-state index contributed by atoms with van der Waals surface area (Å²) in [5.74, 6) is 0.986. The van der Waals surface area contributed by atoms with Crippen LogP contribution in [0.1, 0.15) is 17.8 Å². The van der Waals surface area contributed by atoms with Gasteiger partial charge in [0.15, 0.2) is 0 Å². The SMILES string of the molecule is C1=Cc2c(nc(-c3ccc(-c4ccc5c6ccccc6n6c7ccccc7nc6c5c4)cc3)n2-c2ccccc2)CC1.